The van der Waals surface area contributed by atoms with Gasteiger partial charge in [-0.3, -0.25) is 9.59 Å². The molecule has 3 rings (SSSR count). The SMILES string of the molecule is CN(C)CC(=O)/C=c1\[nH]c(=O)/c(=C/c2ccc3c(c2)CCCO3)s1. The van der Waals surface area contributed by atoms with Gasteiger partial charge in [-0.05, 0) is 56.3 Å². The fraction of sp³-hybridized carbons (Fsp3) is 0.333. The van der Waals surface area contributed by atoms with Crippen molar-refractivity contribution in [2.75, 3.05) is 27.2 Å². The summed E-state index contributed by atoms with van der Waals surface area (Å²) in [5.41, 5.74) is 1.98. The quantitative estimate of drug-likeness (QED) is 0.877. The van der Waals surface area contributed by atoms with Crippen molar-refractivity contribution < 1.29 is 9.53 Å². The molecular weight excluding hydrogens is 324 g/mol. The Morgan fingerprint density at radius 1 is 1.42 bits per heavy atom. The Morgan fingerprint density at radius 3 is 3.04 bits per heavy atom. The van der Waals surface area contributed by atoms with Crippen molar-refractivity contribution in [2.45, 2.75) is 12.8 Å². The van der Waals surface area contributed by atoms with E-state index in [1.54, 1.807) is 4.90 Å². The second kappa shape index (κ2) is 7.15. The lowest BCUT2D eigenvalue weighted by atomic mass is 10.0. The number of hydrogen-bond donors (Lipinski definition) is 1. The third kappa shape index (κ3) is 4.01. The van der Waals surface area contributed by atoms with Gasteiger partial charge in [-0.25, -0.2) is 0 Å². The summed E-state index contributed by atoms with van der Waals surface area (Å²) in [4.78, 5) is 28.5. The fourth-order valence-corrected chi connectivity index (χ4v) is 3.56. The molecule has 6 heteroatoms. The maximum atomic E-state index is 12.1. The Hall–Kier alpha value is -2.18. The predicted molar refractivity (Wildman–Crippen MR) is 96.0 cm³/mol. The van der Waals surface area contributed by atoms with Crippen LogP contribution >= 0.6 is 11.3 Å². The molecule has 5 nitrogen and oxygen atoms in total. The topological polar surface area (TPSA) is 62.4 Å². The van der Waals surface area contributed by atoms with Gasteiger partial charge in [0.2, 0.25) is 0 Å². The standard InChI is InChI=1S/C18H20N2O3S/c1-20(2)11-14(21)10-17-19-18(22)16(24-17)9-12-5-6-15-13(8-12)4-3-7-23-15/h5-6,8-10H,3-4,7,11H2,1-2H3,(H,19,22)/b16-9-,17-10+. The number of nitrogens with one attached hydrogen (secondary N) is 1. The molecule has 24 heavy (non-hydrogen) atoms. The van der Waals surface area contributed by atoms with E-state index in [4.69, 9.17) is 4.74 Å². The minimum atomic E-state index is -0.169. The van der Waals surface area contributed by atoms with E-state index in [0.29, 0.717) is 15.7 Å². The van der Waals surface area contributed by atoms with Gasteiger partial charge in [-0.15, -0.1) is 11.3 Å². The molecule has 0 unspecified atom stereocenters. The Labute approximate surface area is 143 Å². The van der Waals surface area contributed by atoms with Gasteiger partial charge < -0.3 is 14.6 Å². The summed E-state index contributed by atoms with van der Waals surface area (Å²) in [7, 11) is 3.67. The van der Waals surface area contributed by atoms with E-state index >= 15 is 0 Å². The maximum Gasteiger partial charge on any atom is 0.266 e. The zero-order valence-corrected chi connectivity index (χ0v) is 14.6. The number of ketones is 1. The normalized spacial score (nSPS) is 15.5. The first kappa shape index (κ1) is 16.7. The number of fused-ring (bicyclic) bond motifs is 1. The molecule has 0 aliphatic carbocycles. The third-order valence-electron chi connectivity index (χ3n) is 3.67. The van der Waals surface area contributed by atoms with E-state index in [0.717, 1.165) is 30.8 Å². The van der Waals surface area contributed by atoms with Crippen molar-refractivity contribution in [3.05, 3.63) is 48.9 Å². The lowest BCUT2D eigenvalue weighted by Gasteiger charge is -2.17. The number of hydrogen-bond acceptors (Lipinski definition) is 5. The zero-order chi connectivity index (χ0) is 17.1. The number of aromatic nitrogens is 1. The summed E-state index contributed by atoms with van der Waals surface area (Å²) in [6.45, 7) is 1.09. The first-order chi connectivity index (χ1) is 11.5. The number of benzene rings is 1. The van der Waals surface area contributed by atoms with Crippen LogP contribution in [0.3, 0.4) is 0 Å². The number of H-pyrrole nitrogens is 1. The van der Waals surface area contributed by atoms with E-state index in [1.807, 2.05) is 32.3 Å². The van der Waals surface area contributed by atoms with E-state index in [1.165, 1.54) is 23.0 Å². The van der Waals surface area contributed by atoms with Gasteiger partial charge in [0.05, 0.1) is 22.3 Å². The minimum Gasteiger partial charge on any atom is -0.493 e. The van der Waals surface area contributed by atoms with Crippen LogP contribution in [0.15, 0.2) is 23.0 Å². The van der Waals surface area contributed by atoms with Crippen LogP contribution in [0.5, 0.6) is 5.75 Å². The van der Waals surface area contributed by atoms with Crippen LogP contribution < -0.4 is 19.5 Å². The van der Waals surface area contributed by atoms with E-state index in [-0.39, 0.29) is 11.3 Å². The molecule has 0 spiro atoms. The lowest BCUT2D eigenvalue weighted by Crippen LogP contribution is -2.22. The maximum absolute atomic E-state index is 12.1. The summed E-state index contributed by atoms with van der Waals surface area (Å²) in [5, 5.41) is 0. The number of nitrogens with zero attached hydrogens (tertiary/aromatic N) is 1. The molecule has 0 fully saturated rings. The number of ether oxygens (including phenoxy) is 1. The second-order valence-corrected chi connectivity index (χ2v) is 7.18. The van der Waals surface area contributed by atoms with Crippen LogP contribution in [0.25, 0.3) is 12.2 Å². The lowest BCUT2D eigenvalue weighted by molar-refractivity contribution is -0.113. The summed E-state index contributed by atoms with van der Waals surface area (Å²) >= 11 is 1.30. The molecule has 2 heterocycles. The number of aryl methyl sites for hydroxylation is 1. The number of carbonyl (C=O) groups excluding carboxylic acids is 1. The molecule has 0 saturated carbocycles. The van der Waals surface area contributed by atoms with Gasteiger partial charge in [-0.2, -0.15) is 0 Å². The number of thiazole rings is 1. The van der Waals surface area contributed by atoms with Gasteiger partial charge in [0.1, 0.15) is 5.75 Å². The Bertz CT molecular complexity index is 924. The van der Waals surface area contributed by atoms with Gasteiger partial charge in [0.25, 0.3) is 5.56 Å². The first-order valence-electron chi connectivity index (χ1n) is 7.87. The number of carbonyl (C=O) groups is 1. The summed E-state index contributed by atoms with van der Waals surface area (Å²) in [6, 6.07) is 5.97. The highest BCUT2D eigenvalue weighted by molar-refractivity contribution is 7.07. The number of Topliss-reactive ketones (excluding diaryl/α,β-unsaturated/α-hetero) is 1. The first-order valence-corrected chi connectivity index (χ1v) is 8.69. The van der Waals surface area contributed by atoms with Crippen LogP contribution in [-0.4, -0.2) is 42.9 Å². The van der Waals surface area contributed by atoms with Gasteiger partial charge in [0, 0.05) is 6.08 Å². The molecule has 1 aromatic carbocycles. The summed E-state index contributed by atoms with van der Waals surface area (Å²) < 4.78 is 6.78. The Kier molecular flexibility index (Phi) is 4.97. The van der Waals surface area contributed by atoms with Crippen molar-refractivity contribution in [1.29, 1.82) is 0 Å². The molecule has 2 aromatic rings. The van der Waals surface area contributed by atoms with Crippen LogP contribution in [0.4, 0.5) is 0 Å². The highest BCUT2D eigenvalue weighted by Gasteiger charge is 2.10. The molecular formula is C18H20N2O3S. The van der Waals surface area contributed by atoms with Crippen molar-refractivity contribution in [1.82, 2.24) is 9.88 Å². The molecule has 0 radical (unpaired) electrons. The Balaban J connectivity index is 1.92. The van der Waals surface area contributed by atoms with Crippen LogP contribution in [0, 0.1) is 0 Å². The molecule has 0 bridgehead atoms. The molecule has 1 aromatic heterocycles. The zero-order valence-electron chi connectivity index (χ0n) is 13.8. The summed E-state index contributed by atoms with van der Waals surface area (Å²) in [5.74, 6) is 0.900. The monoisotopic (exact) mass is 344 g/mol. The van der Waals surface area contributed by atoms with Crippen LogP contribution in [0.1, 0.15) is 17.5 Å². The summed E-state index contributed by atoms with van der Waals surface area (Å²) in [6.07, 6.45) is 5.36. The average Bonchev–Trinajstić information content (AvgIpc) is 2.85. The molecule has 1 N–H and O–H groups in total. The van der Waals surface area contributed by atoms with Crippen molar-refractivity contribution in [3.63, 3.8) is 0 Å². The highest BCUT2D eigenvalue weighted by atomic mass is 32.1. The van der Waals surface area contributed by atoms with Crippen molar-refractivity contribution in [3.8, 4) is 5.75 Å². The van der Waals surface area contributed by atoms with E-state index < -0.39 is 0 Å². The molecule has 1 aliphatic heterocycles. The van der Waals surface area contributed by atoms with Crippen molar-refractivity contribution in [2.24, 2.45) is 0 Å². The smallest absolute Gasteiger partial charge is 0.266 e. The van der Waals surface area contributed by atoms with E-state index in [9.17, 15) is 9.59 Å². The average molecular weight is 344 g/mol. The third-order valence-corrected chi connectivity index (χ3v) is 4.64. The number of rotatable bonds is 4. The highest BCUT2D eigenvalue weighted by Crippen LogP contribution is 2.25. The largest absolute Gasteiger partial charge is 0.493 e. The fourth-order valence-electron chi connectivity index (χ4n) is 2.65. The molecule has 126 valence electrons. The molecule has 0 atom stereocenters. The molecule has 0 saturated heterocycles. The van der Waals surface area contributed by atoms with Crippen molar-refractivity contribution >= 4 is 29.3 Å². The molecule has 1 aliphatic rings. The van der Waals surface area contributed by atoms with Gasteiger partial charge >= 0.3 is 0 Å². The number of aromatic amines is 1. The minimum absolute atomic E-state index is 0.0324. The van der Waals surface area contributed by atoms with Gasteiger partial charge in [0.15, 0.2) is 5.78 Å². The molecule has 0 amide bonds. The number of likely N-dealkylation sites (N-methyl/N-ethyl adjacent to an activating group) is 1. The Morgan fingerprint density at radius 2 is 2.25 bits per heavy atom. The van der Waals surface area contributed by atoms with E-state index in [2.05, 4.69) is 11.1 Å². The van der Waals surface area contributed by atoms with Gasteiger partial charge in [-0.1, -0.05) is 6.07 Å². The van der Waals surface area contributed by atoms with Crippen LogP contribution in [0.2, 0.25) is 0 Å². The van der Waals surface area contributed by atoms with Crippen LogP contribution in [-0.2, 0) is 11.2 Å². The predicted octanol–water partition coefficient (Wildman–Crippen LogP) is 0.501. The second-order valence-electron chi connectivity index (χ2n) is 6.10.